The Balaban J connectivity index is 2.96. The van der Waals surface area contributed by atoms with Gasteiger partial charge in [-0.15, -0.1) is 0 Å². The molecule has 1 atom stereocenters. The first-order chi connectivity index (χ1) is 5.65. The molecule has 3 nitrogen and oxygen atoms in total. The van der Waals surface area contributed by atoms with E-state index in [0.29, 0.717) is 5.69 Å². The van der Waals surface area contributed by atoms with Crippen LogP contribution in [0.5, 0.6) is 5.75 Å². The van der Waals surface area contributed by atoms with E-state index in [1.54, 1.807) is 12.1 Å². The summed E-state index contributed by atoms with van der Waals surface area (Å²) in [7, 11) is 0. The number of hydrogen-bond donors (Lipinski definition) is 3. The van der Waals surface area contributed by atoms with E-state index < -0.39 is 0 Å². The minimum Gasteiger partial charge on any atom is -0.506 e. The molecule has 1 aromatic carbocycles. The molecule has 12 heavy (non-hydrogen) atoms. The SMILES string of the molecule is CC[C@@H](N)c1ccc(N)c(O)c1. The molecule has 1 aromatic rings. The van der Waals surface area contributed by atoms with E-state index in [1.165, 1.54) is 0 Å². The molecule has 3 heteroatoms. The Morgan fingerprint density at radius 1 is 1.50 bits per heavy atom. The molecule has 0 aliphatic carbocycles. The van der Waals surface area contributed by atoms with Crippen molar-refractivity contribution in [1.29, 1.82) is 0 Å². The van der Waals surface area contributed by atoms with Gasteiger partial charge >= 0.3 is 0 Å². The van der Waals surface area contributed by atoms with E-state index in [9.17, 15) is 5.11 Å². The van der Waals surface area contributed by atoms with E-state index >= 15 is 0 Å². The summed E-state index contributed by atoms with van der Waals surface area (Å²) in [6, 6.07) is 5.10. The Bertz CT molecular complexity index is 273. The number of nitrogens with two attached hydrogens (primary N) is 2. The van der Waals surface area contributed by atoms with Gasteiger partial charge in [-0.3, -0.25) is 0 Å². The van der Waals surface area contributed by atoms with Crippen LogP contribution in [0, 0.1) is 0 Å². The minimum atomic E-state index is -0.0171. The molecule has 0 bridgehead atoms. The van der Waals surface area contributed by atoms with Crippen LogP contribution >= 0.6 is 0 Å². The highest BCUT2D eigenvalue weighted by molar-refractivity contribution is 5.53. The molecule has 1 rings (SSSR count). The van der Waals surface area contributed by atoms with Crippen molar-refractivity contribution in [3.05, 3.63) is 23.8 Å². The lowest BCUT2D eigenvalue weighted by molar-refractivity contribution is 0.476. The van der Waals surface area contributed by atoms with Gasteiger partial charge in [0.15, 0.2) is 0 Å². The monoisotopic (exact) mass is 166 g/mol. The second-order valence-corrected chi connectivity index (χ2v) is 2.83. The zero-order chi connectivity index (χ0) is 9.14. The lowest BCUT2D eigenvalue weighted by atomic mass is 10.0. The second kappa shape index (κ2) is 3.45. The topological polar surface area (TPSA) is 72.3 Å². The van der Waals surface area contributed by atoms with Crippen LogP contribution in [0.25, 0.3) is 0 Å². The minimum absolute atomic E-state index is 0.0171. The van der Waals surface area contributed by atoms with E-state index in [0.717, 1.165) is 12.0 Å². The predicted octanol–water partition coefficient (Wildman–Crippen LogP) is 1.38. The smallest absolute Gasteiger partial charge is 0.138 e. The number of hydrogen-bond acceptors (Lipinski definition) is 3. The maximum absolute atomic E-state index is 9.26. The van der Waals surface area contributed by atoms with Crippen LogP contribution in [0.3, 0.4) is 0 Å². The quantitative estimate of drug-likeness (QED) is 0.459. The van der Waals surface area contributed by atoms with Gasteiger partial charge in [0.1, 0.15) is 5.75 Å². The summed E-state index contributed by atoms with van der Waals surface area (Å²) in [5, 5.41) is 9.26. The van der Waals surface area contributed by atoms with Gasteiger partial charge in [0, 0.05) is 6.04 Å². The van der Waals surface area contributed by atoms with E-state index in [4.69, 9.17) is 11.5 Å². The van der Waals surface area contributed by atoms with E-state index in [2.05, 4.69) is 0 Å². The predicted molar refractivity (Wildman–Crippen MR) is 49.7 cm³/mol. The molecule has 0 spiro atoms. The highest BCUT2D eigenvalue weighted by atomic mass is 16.3. The normalized spacial score (nSPS) is 12.8. The Labute approximate surface area is 72.0 Å². The molecule has 0 aliphatic rings. The van der Waals surface area contributed by atoms with Crippen molar-refractivity contribution < 1.29 is 5.11 Å². The van der Waals surface area contributed by atoms with Gasteiger partial charge in [0.2, 0.25) is 0 Å². The largest absolute Gasteiger partial charge is 0.506 e. The first-order valence-corrected chi connectivity index (χ1v) is 3.99. The number of benzene rings is 1. The summed E-state index contributed by atoms with van der Waals surface area (Å²) in [5.41, 5.74) is 12.5. The summed E-state index contributed by atoms with van der Waals surface area (Å²) in [4.78, 5) is 0. The molecule has 0 heterocycles. The van der Waals surface area contributed by atoms with Gasteiger partial charge in [-0.05, 0) is 24.1 Å². The number of aromatic hydroxyl groups is 1. The maximum Gasteiger partial charge on any atom is 0.138 e. The Kier molecular flexibility index (Phi) is 2.55. The summed E-state index contributed by atoms with van der Waals surface area (Å²) in [6.45, 7) is 2.00. The van der Waals surface area contributed by atoms with E-state index in [-0.39, 0.29) is 11.8 Å². The number of nitrogen functional groups attached to an aromatic ring is 1. The lowest BCUT2D eigenvalue weighted by Crippen LogP contribution is -2.08. The average Bonchev–Trinajstić information content (AvgIpc) is 2.08. The molecular weight excluding hydrogens is 152 g/mol. The van der Waals surface area contributed by atoms with Crippen molar-refractivity contribution in [2.45, 2.75) is 19.4 Å². The molecule has 0 amide bonds. The Morgan fingerprint density at radius 3 is 2.67 bits per heavy atom. The third kappa shape index (κ3) is 1.68. The number of phenolic OH excluding ortho intramolecular Hbond substituents is 1. The number of anilines is 1. The number of rotatable bonds is 2. The summed E-state index contributed by atoms with van der Waals surface area (Å²) in [5.74, 6) is 0.108. The van der Waals surface area contributed by atoms with Crippen LogP contribution in [0.2, 0.25) is 0 Å². The lowest BCUT2D eigenvalue weighted by Gasteiger charge is -2.09. The first-order valence-electron chi connectivity index (χ1n) is 3.99. The maximum atomic E-state index is 9.26. The first kappa shape index (κ1) is 8.87. The molecule has 0 aromatic heterocycles. The zero-order valence-corrected chi connectivity index (χ0v) is 7.12. The van der Waals surface area contributed by atoms with Crippen molar-refractivity contribution in [2.24, 2.45) is 5.73 Å². The van der Waals surface area contributed by atoms with Gasteiger partial charge in [0.05, 0.1) is 5.69 Å². The van der Waals surface area contributed by atoms with Crippen LogP contribution in [0.1, 0.15) is 24.9 Å². The molecule has 5 N–H and O–H groups in total. The third-order valence-electron chi connectivity index (χ3n) is 1.92. The van der Waals surface area contributed by atoms with Gasteiger partial charge in [-0.2, -0.15) is 0 Å². The van der Waals surface area contributed by atoms with Crippen molar-refractivity contribution in [2.75, 3.05) is 5.73 Å². The molecule has 0 saturated carbocycles. The molecule has 66 valence electrons. The van der Waals surface area contributed by atoms with Gasteiger partial charge < -0.3 is 16.6 Å². The van der Waals surface area contributed by atoms with Crippen LogP contribution in [0.4, 0.5) is 5.69 Å². The fraction of sp³-hybridized carbons (Fsp3) is 0.333. The van der Waals surface area contributed by atoms with Crippen molar-refractivity contribution in [3.63, 3.8) is 0 Å². The zero-order valence-electron chi connectivity index (χ0n) is 7.12. The van der Waals surface area contributed by atoms with Crippen molar-refractivity contribution in [1.82, 2.24) is 0 Å². The molecule has 0 radical (unpaired) electrons. The third-order valence-corrected chi connectivity index (χ3v) is 1.92. The highest BCUT2D eigenvalue weighted by Crippen LogP contribution is 2.24. The second-order valence-electron chi connectivity index (χ2n) is 2.83. The van der Waals surface area contributed by atoms with Crippen LogP contribution < -0.4 is 11.5 Å². The van der Waals surface area contributed by atoms with Crippen LogP contribution in [-0.4, -0.2) is 5.11 Å². The summed E-state index contributed by atoms with van der Waals surface area (Å²) >= 11 is 0. The molecule has 0 saturated heterocycles. The Hall–Kier alpha value is -1.22. The molecule has 0 fully saturated rings. The molecule has 0 aliphatic heterocycles. The summed E-state index contributed by atoms with van der Waals surface area (Å²) in [6.07, 6.45) is 0.851. The van der Waals surface area contributed by atoms with Gasteiger partial charge in [-0.25, -0.2) is 0 Å². The standard InChI is InChI=1S/C9H14N2O/c1-2-7(10)6-3-4-8(11)9(12)5-6/h3-5,7,12H,2,10-11H2,1H3/t7-/m1/s1. The fourth-order valence-electron chi connectivity index (χ4n) is 1.03. The fourth-order valence-corrected chi connectivity index (χ4v) is 1.03. The van der Waals surface area contributed by atoms with Crippen LogP contribution in [-0.2, 0) is 0 Å². The average molecular weight is 166 g/mol. The summed E-state index contributed by atoms with van der Waals surface area (Å²) < 4.78 is 0. The van der Waals surface area contributed by atoms with Gasteiger partial charge in [-0.1, -0.05) is 13.0 Å². The van der Waals surface area contributed by atoms with Gasteiger partial charge in [0.25, 0.3) is 0 Å². The molecular formula is C9H14N2O. The highest BCUT2D eigenvalue weighted by Gasteiger charge is 2.04. The van der Waals surface area contributed by atoms with Crippen molar-refractivity contribution >= 4 is 5.69 Å². The Morgan fingerprint density at radius 2 is 2.17 bits per heavy atom. The number of phenols is 1. The van der Waals surface area contributed by atoms with Crippen LogP contribution in [0.15, 0.2) is 18.2 Å². The van der Waals surface area contributed by atoms with Crippen molar-refractivity contribution in [3.8, 4) is 5.75 Å². The molecule has 0 unspecified atom stereocenters. The van der Waals surface area contributed by atoms with E-state index in [1.807, 2.05) is 13.0 Å².